The van der Waals surface area contributed by atoms with Crippen molar-refractivity contribution in [3.8, 4) is 0 Å². The van der Waals surface area contributed by atoms with Gasteiger partial charge in [-0.25, -0.2) is 0 Å². The van der Waals surface area contributed by atoms with E-state index in [0.29, 0.717) is 11.3 Å². The number of pyridine rings is 1. The minimum Gasteiger partial charge on any atom is -0.380 e. The summed E-state index contributed by atoms with van der Waals surface area (Å²) in [6, 6.07) is 11.0. The number of aromatic nitrogens is 1. The number of nitrogens with one attached hydrogen (secondary N) is 1. The average molecular weight is 244 g/mol. The quantitative estimate of drug-likeness (QED) is 0.874. The fourth-order valence-electron chi connectivity index (χ4n) is 2.29. The molecule has 1 aliphatic rings. The van der Waals surface area contributed by atoms with Crippen LogP contribution in [0.5, 0.6) is 0 Å². The minimum atomic E-state index is 0.586. The van der Waals surface area contributed by atoms with E-state index in [1.807, 2.05) is 30.1 Å². The Kier molecular flexibility index (Phi) is 2.93. The lowest BCUT2D eigenvalue weighted by Gasteiger charge is -2.17. The third-order valence-electron chi connectivity index (χ3n) is 3.32. The van der Waals surface area contributed by atoms with Gasteiger partial charge in [0.05, 0.1) is 17.4 Å². The Morgan fingerprint density at radius 2 is 2.24 bits per heavy atom. The lowest BCUT2D eigenvalue weighted by atomic mass is 10.1. The van der Waals surface area contributed by atoms with Gasteiger partial charge in [-0.3, -0.25) is 4.98 Å². The maximum atomic E-state index is 4.48. The van der Waals surface area contributed by atoms with E-state index in [-0.39, 0.29) is 0 Å². The van der Waals surface area contributed by atoms with E-state index >= 15 is 0 Å². The van der Waals surface area contributed by atoms with Crippen molar-refractivity contribution in [2.75, 3.05) is 11.1 Å². The zero-order valence-electron chi connectivity index (χ0n) is 9.89. The van der Waals surface area contributed by atoms with Crippen LogP contribution in [0.25, 0.3) is 10.9 Å². The van der Waals surface area contributed by atoms with E-state index in [9.17, 15) is 0 Å². The second-order valence-corrected chi connectivity index (χ2v) is 6.02. The third kappa shape index (κ3) is 2.25. The van der Waals surface area contributed by atoms with Gasteiger partial charge in [0.25, 0.3) is 0 Å². The molecule has 1 fully saturated rings. The van der Waals surface area contributed by atoms with Gasteiger partial charge in [-0.05, 0) is 24.3 Å². The molecule has 2 unspecified atom stereocenters. The smallest absolute Gasteiger partial charge is 0.0703 e. The van der Waals surface area contributed by atoms with Crippen molar-refractivity contribution in [1.29, 1.82) is 0 Å². The highest BCUT2D eigenvalue weighted by Crippen LogP contribution is 2.29. The fourth-order valence-corrected chi connectivity index (χ4v) is 3.48. The van der Waals surface area contributed by atoms with Crippen molar-refractivity contribution in [2.45, 2.75) is 24.6 Å². The van der Waals surface area contributed by atoms with Crippen LogP contribution in [0, 0.1) is 0 Å². The van der Waals surface area contributed by atoms with Crippen molar-refractivity contribution in [3.05, 3.63) is 36.5 Å². The molecule has 2 nitrogen and oxygen atoms in total. The Labute approximate surface area is 106 Å². The first-order chi connectivity index (χ1) is 8.33. The van der Waals surface area contributed by atoms with Crippen LogP contribution in [-0.2, 0) is 0 Å². The van der Waals surface area contributed by atoms with Gasteiger partial charge in [-0.1, -0.05) is 25.1 Å². The summed E-state index contributed by atoms with van der Waals surface area (Å²) >= 11 is 2.05. The van der Waals surface area contributed by atoms with Crippen LogP contribution >= 0.6 is 11.8 Å². The van der Waals surface area contributed by atoms with E-state index in [4.69, 9.17) is 0 Å². The molecule has 0 spiro atoms. The summed E-state index contributed by atoms with van der Waals surface area (Å²) in [5.74, 6) is 1.26. The van der Waals surface area contributed by atoms with Crippen LogP contribution in [0.15, 0.2) is 36.5 Å². The highest BCUT2D eigenvalue weighted by Gasteiger charge is 2.23. The van der Waals surface area contributed by atoms with Gasteiger partial charge >= 0.3 is 0 Å². The number of hydrogen-bond acceptors (Lipinski definition) is 3. The van der Waals surface area contributed by atoms with Gasteiger partial charge in [0.2, 0.25) is 0 Å². The summed E-state index contributed by atoms with van der Waals surface area (Å²) in [6.07, 6.45) is 3.19. The molecule has 0 bridgehead atoms. The zero-order chi connectivity index (χ0) is 11.7. The molecular weight excluding hydrogens is 228 g/mol. The monoisotopic (exact) mass is 244 g/mol. The van der Waals surface area contributed by atoms with Crippen molar-refractivity contribution in [3.63, 3.8) is 0 Å². The summed E-state index contributed by atoms with van der Waals surface area (Å²) < 4.78 is 0. The summed E-state index contributed by atoms with van der Waals surface area (Å²) in [5.41, 5.74) is 2.20. The average Bonchev–Trinajstić information content (AvgIpc) is 2.75. The first kappa shape index (κ1) is 10.9. The van der Waals surface area contributed by atoms with Crippen LogP contribution < -0.4 is 5.32 Å². The first-order valence-corrected chi connectivity index (χ1v) is 7.11. The molecule has 3 rings (SSSR count). The normalized spacial score (nSPS) is 24.1. The Morgan fingerprint density at radius 1 is 1.35 bits per heavy atom. The lowest BCUT2D eigenvalue weighted by molar-refractivity contribution is 0.724. The molecule has 1 aliphatic heterocycles. The highest BCUT2D eigenvalue weighted by atomic mass is 32.2. The Morgan fingerprint density at radius 3 is 3.06 bits per heavy atom. The molecule has 2 aromatic rings. The number of nitrogens with zero attached hydrogens (tertiary/aromatic N) is 1. The van der Waals surface area contributed by atoms with Crippen LogP contribution in [0.4, 0.5) is 5.69 Å². The number of fused-ring (bicyclic) bond motifs is 1. The molecule has 2 heterocycles. The molecule has 0 amide bonds. The standard InChI is InChI=1S/C14H16N2S/c1-10-13(6-7-17-10)16-12-8-11-4-2-3-5-14(11)15-9-12/h2-5,8-10,13,16H,6-7H2,1H3. The zero-order valence-corrected chi connectivity index (χ0v) is 10.7. The number of hydrogen-bond donors (Lipinski definition) is 1. The molecule has 3 heteroatoms. The van der Waals surface area contributed by atoms with E-state index < -0.39 is 0 Å². The van der Waals surface area contributed by atoms with E-state index in [2.05, 4.69) is 35.4 Å². The summed E-state index contributed by atoms with van der Waals surface area (Å²) in [4.78, 5) is 4.48. The molecular formula is C14H16N2S. The Bertz CT molecular complexity index is 526. The van der Waals surface area contributed by atoms with Crippen molar-refractivity contribution < 1.29 is 0 Å². The van der Waals surface area contributed by atoms with Gasteiger partial charge in [0.1, 0.15) is 0 Å². The predicted molar refractivity (Wildman–Crippen MR) is 75.7 cm³/mol. The van der Waals surface area contributed by atoms with Gasteiger partial charge < -0.3 is 5.32 Å². The molecule has 0 saturated carbocycles. The van der Waals surface area contributed by atoms with E-state index in [1.54, 1.807) is 0 Å². The maximum Gasteiger partial charge on any atom is 0.0703 e. The summed E-state index contributed by atoms with van der Waals surface area (Å²) in [7, 11) is 0. The van der Waals surface area contributed by atoms with Gasteiger partial charge in [-0.2, -0.15) is 11.8 Å². The Hall–Kier alpha value is -1.22. The van der Waals surface area contributed by atoms with Crippen LogP contribution in [0.2, 0.25) is 0 Å². The van der Waals surface area contributed by atoms with Crippen LogP contribution in [0.1, 0.15) is 13.3 Å². The predicted octanol–water partition coefficient (Wildman–Crippen LogP) is 3.54. The van der Waals surface area contributed by atoms with E-state index in [0.717, 1.165) is 11.2 Å². The topological polar surface area (TPSA) is 24.9 Å². The molecule has 0 aliphatic carbocycles. The molecule has 2 atom stereocenters. The fraction of sp³-hybridized carbons (Fsp3) is 0.357. The van der Waals surface area contributed by atoms with Gasteiger partial charge in [0.15, 0.2) is 0 Å². The first-order valence-electron chi connectivity index (χ1n) is 6.06. The number of anilines is 1. The minimum absolute atomic E-state index is 0.586. The molecule has 1 saturated heterocycles. The van der Waals surface area contributed by atoms with Crippen LogP contribution in [0.3, 0.4) is 0 Å². The molecule has 1 N–H and O–H groups in total. The van der Waals surface area contributed by atoms with Crippen LogP contribution in [-0.4, -0.2) is 22.0 Å². The number of rotatable bonds is 2. The number of para-hydroxylation sites is 1. The number of thioether (sulfide) groups is 1. The second-order valence-electron chi connectivity index (χ2n) is 4.53. The van der Waals surface area contributed by atoms with Crippen molar-refractivity contribution in [2.24, 2.45) is 0 Å². The molecule has 88 valence electrons. The SMILES string of the molecule is CC1SCCC1Nc1cnc2ccccc2c1. The van der Waals surface area contributed by atoms with Gasteiger partial charge in [0, 0.05) is 16.7 Å². The summed E-state index contributed by atoms with van der Waals surface area (Å²) in [5, 5.41) is 5.50. The molecule has 1 aromatic heterocycles. The van der Waals surface area contributed by atoms with Crippen molar-refractivity contribution in [1.82, 2.24) is 4.98 Å². The van der Waals surface area contributed by atoms with Gasteiger partial charge in [-0.15, -0.1) is 0 Å². The lowest BCUT2D eigenvalue weighted by Crippen LogP contribution is -2.24. The third-order valence-corrected chi connectivity index (χ3v) is 4.64. The van der Waals surface area contributed by atoms with E-state index in [1.165, 1.54) is 17.6 Å². The molecule has 0 radical (unpaired) electrons. The second kappa shape index (κ2) is 4.57. The maximum absolute atomic E-state index is 4.48. The molecule has 17 heavy (non-hydrogen) atoms. The Balaban J connectivity index is 1.85. The number of benzene rings is 1. The van der Waals surface area contributed by atoms with Crippen molar-refractivity contribution >= 4 is 28.4 Å². The highest BCUT2D eigenvalue weighted by molar-refractivity contribution is 8.00. The summed E-state index contributed by atoms with van der Waals surface area (Å²) in [6.45, 7) is 2.30. The largest absolute Gasteiger partial charge is 0.380 e. The molecule has 1 aromatic carbocycles.